The Bertz CT molecular complexity index is 633. The number of benzene rings is 1. The zero-order chi connectivity index (χ0) is 17.6. The van der Waals surface area contributed by atoms with E-state index in [0.29, 0.717) is 6.61 Å². The van der Waals surface area contributed by atoms with Gasteiger partial charge in [-0.15, -0.1) is 0 Å². The standard InChI is InChI=1S/C16H25FN2O4S/c1-22-8-9-23-15-7-6-13(17)10-16(15)24(20,21)19-14(11-18)12-4-2-3-5-12/h6-7,10,12,14,19H,2-5,8-9,11,18H2,1H3. The van der Waals surface area contributed by atoms with Gasteiger partial charge in [0.25, 0.3) is 0 Å². The molecule has 0 aliphatic heterocycles. The molecule has 1 aliphatic carbocycles. The Labute approximate surface area is 142 Å². The third kappa shape index (κ3) is 4.89. The van der Waals surface area contributed by atoms with Crippen molar-refractivity contribution in [3.63, 3.8) is 0 Å². The third-order valence-electron chi connectivity index (χ3n) is 4.27. The predicted molar refractivity (Wildman–Crippen MR) is 88.9 cm³/mol. The van der Waals surface area contributed by atoms with Gasteiger partial charge in [-0.3, -0.25) is 0 Å². The fourth-order valence-electron chi connectivity index (χ4n) is 3.01. The predicted octanol–water partition coefficient (Wildman–Crippen LogP) is 1.65. The van der Waals surface area contributed by atoms with Crippen molar-refractivity contribution in [2.24, 2.45) is 11.7 Å². The maximum Gasteiger partial charge on any atom is 0.244 e. The normalized spacial score (nSPS) is 17.1. The molecule has 0 radical (unpaired) electrons. The third-order valence-corrected chi connectivity index (χ3v) is 5.78. The van der Waals surface area contributed by atoms with Gasteiger partial charge in [0, 0.05) is 19.7 Å². The smallest absolute Gasteiger partial charge is 0.244 e. The van der Waals surface area contributed by atoms with Gasteiger partial charge in [0.05, 0.1) is 6.61 Å². The van der Waals surface area contributed by atoms with Crippen LogP contribution in [0, 0.1) is 11.7 Å². The topological polar surface area (TPSA) is 90.6 Å². The van der Waals surface area contributed by atoms with Crippen molar-refractivity contribution >= 4 is 10.0 Å². The Morgan fingerprint density at radius 1 is 1.33 bits per heavy atom. The van der Waals surface area contributed by atoms with E-state index in [4.69, 9.17) is 15.2 Å². The van der Waals surface area contributed by atoms with Crippen LogP contribution in [0.1, 0.15) is 25.7 Å². The number of hydrogen-bond acceptors (Lipinski definition) is 5. The summed E-state index contributed by atoms with van der Waals surface area (Å²) in [5.41, 5.74) is 5.76. The first kappa shape index (κ1) is 19.1. The largest absolute Gasteiger partial charge is 0.490 e. The molecule has 24 heavy (non-hydrogen) atoms. The number of methoxy groups -OCH3 is 1. The van der Waals surface area contributed by atoms with E-state index in [-0.39, 0.29) is 35.8 Å². The zero-order valence-electron chi connectivity index (χ0n) is 13.8. The molecule has 0 bridgehead atoms. The van der Waals surface area contributed by atoms with E-state index in [1.54, 1.807) is 0 Å². The molecular weight excluding hydrogens is 335 g/mol. The van der Waals surface area contributed by atoms with Crippen LogP contribution in [0.25, 0.3) is 0 Å². The Kier molecular flexibility index (Phi) is 6.97. The molecule has 1 unspecified atom stereocenters. The van der Waals surface area contributed by atoms with Crippen LogP contribution in [-0.2, 0) is 14.8 Å². The Morgan fingerprint density at radius 3 is 2.67 bits per heavy atom. The minimum atomic E-state index is -3.94. The van der Waals surface area contributed by atoms with Crippen LogP contribution in [0.5, 0.6) is 5.75 Å². The SMILES string of the molecule is COCCOc1ccc(F)cc1S(=O)(=O)NC(CN)C1CCCC1. The van der Waals surface area contributed by atoms with Crippen molar-refractivity contribution in [2.45, 2.75) is 36.6 Å². The highest BCUT2D eigenvalue weighted by Gasteiger charge is 2.30. The minimum Gasteiger partial charge on any atom is -0.490 e. The highest BCUT2D eigenvalue weighted by molar-refractivity contribution is 7.89. The molecule has 1 aromatic carbocycles. The van der Waals surface area contributed by atoms with Gasteiger partial charge in [0.15, 0.2) is 0 Å². The lowest BCUT2D eigenvalue weighted by molar-refractivity contribution is 0.144. The zero-order valence-corrected chi connectivity index (χ0v) is 14.6. The Balaban J connectivity index is 2.21. The maximum absolute atomic E-state index is 13.6. The van der Waals surface area contributed by atoms with Crippen LogP contribution >= 0.6 is 0 Å². The second-order valence-electron chi connectivity index (χ2n) is 5.94. The molecule has 1 aromatic rings. The van der Waals surface area contributed by atoms with E-state index in [1.165, 1.54) is 19.2 Å². The highest BCUT2D eigenvalue weighted by Crippen LogP contribution is 2.30. The first-order valence-corrected chi connectivity index (χ1v) is 9.60. The lowest BCUT2D eigenvalue weighted by Gasteiger charge is -2.23. The lowest BCUT2D eigenvalue weighted by Crippen LogP contribution is -2.44. The van der Waals surface area contributed by atoms with Crippen LogP contribution in [0.15, 0.2) is 23.1 Å². The average molecular weight is 360 g/mol. The molecule has 2 rings (SSSR count). The van der Waals surface area contributed by atoms with Crippen molar-refractivity contribution in [1.29, 1.82) is 0 Å². The maximum atomic E-state index is 13.6. The number of halogens is 1. The molecule has 6 nitrogen and oxygen atoms in total. The van der Waals surface area contributed by atoms with E-state index in [0.717, 1.165) is 31.7 Å². The highest BCUT2D eigenvalue weighted by atomic mass is 32.2. The molecule has 136 valence electrons. The number of rotatable bonds is 9. The monoisotopic (exact) mass is 360 g/mol. The van der Waals surface area contributed by atoms with Gasteiger partial charge in [0.1, 0.15) is 23.1 Å². The molecule has 8 heteroatoms. The van der Waals surface area contributed by atoms with Crippen molar-refractivity contribution in [1.82, 2.24) is 4.72 Å². The number of hydrogen-bond donors (Lipinski definition) is 2. The molecule has 1 fully saturated rings. The lowest BCUT2D eigenvalue weighted by atomic mass is 9.99. The molecule has 3 N–H and O–H groups in total. The molecule has 0 spiro atoms. The van der Waals surface area contributed by atoms with E-state index < -0.39 is 15.8 Å². The van der Waals surface area contributed by atoms with E-state index in [9.17, 15) is 12.8 Å². The van der Waals surface area contributed by atoms with Gasteiger partial charge in [-0.1, -0.05) is 12.8 Å². The summed E-state index contributed by atoms with van der Waals surface area (Å²) < 4.78 is 52.0. The summed E-state index contributed by atoms with van der Waals surface area (Å²) in [6.45, 7) is 0.685. The first-order valence-electron chi connectivity index (χ1n) is 8.11. The summed E-state index contributed by atoms with van der Waals surface area (Å²) >= 11 is 0. The van der Waals surface area contributed by atoms with Gasteiger partial charge >= 0.3 is 0 Å². The molecular formula is C16H25FN2O4S. The van der Waals surface area contributed by atoms with Crippen LogP contribution in [0.2, 0.25) is 0 Å². The van der Waals surface area contributed by atoms with Crippen LogP contribution in [0.4, 0.5) is 4.39 Å². The van der Waals surface area contributed by atoms with Crippen LogP contribution in [0.3, 0.4) is 0 Å². The van der Waals surface area contributed by atoms with Crippen molar-refractivity contribution in [2.75, 3.05) is 26.9 Å². The molecule has 0 aromatic heterocycles. The number of nitrogens with one attached hydrogen (secondary N) is 1. The molecule has 0 heterocycles. The van der Waals surface area contributed by atoms with Crippen LogP contribution < -0.4 is 15.2 Å². The number of sulfonamides is 1. The van der Waals surface area contributed by atoms with Crippen molar-refractivity contribution in [3.05, 3.63) is 24.0 Å². The second kappa shape index (κ2) is 8.75. The quantitative estimate of drug-likeness (QED) is 0.654. The summed E-state index contributed by atoms with van der Waals surface area (Å²) in [5, 5.41) is 0. The molecule has 1 aliphatic rings. The summed E-state index contributed by atoms with van der Waals surface area (Å²) in [6, 6.07) is 3.09. The van der Waals surface area contributed by atoms with E-state index in [2.05, 4.69) is 4.72 Å². The van der Waals surface area contributed by atoms with Gasteiger partial charge in [-0.05, 0) is 37.0 Å². The number of ether oxygens (including phenoxy) is 2. The van der Waals surface area contributed by atoms with Gasteiger partial charge in [0.2, 0.25) is 10.0 Å². The Morgan fingerprint density at radius 2 is 2.04 bits per heavy atom. The molecule has 0 amide bonds. The van der Waals surface area contributed by atoms with Crippen molar-refractivity contribution < 1.29 is 22.3 Å². The van der Waals surface area contributed by atoms with Crippen LogP contribution in [-0.4, -0.2) is 41.3 Å². The minimum absolute atomic E-state index is 0.100. The average Bonchev–Trinajstić information content (AvgIpc) is 3.08. The number of nitrogens with two attached hydrogens (primary N) is 1. The summed E-state index contributed by atoms with van der Waals surface area (Å²) in [6.07, 6.45) is 4.05. The Hall–Kier alpha value is -1.22. The first-order chi connectivity index (χ1) is 11.5. The summed E-state index contributed by atoms with van der Waals surface area (Å²) in [5.74, 6) is -0.320. The van der Waals surface area contributed by atoms with Gasteiger partial charge in [-0.25, -0.2) is 17.5 Å². The van der Waals surface area contributed by atoms with Gasteiger partial charge in [-0.2, -0.15) is 0 Å². The molecule has 0 saturated heterocycles. The summed E-state index contributed by atoms with van der Waals surface area (Å²) in [7, 11) is -2.42. The fourth-order valence-corrected chi connectivity index (χ4v) is 4.48. The van der Waals surface area contributed by atoms with Crippen molar-refractivity contribution in [3.8, 4) is 5.75 Å². The summed E-state index contributed by atoms with van der Waals surface area (Å²) in [4.78, 5) is -0.213. The second-order valence-corrected chi connectivity index (χ2v) is 7.62. The van der Waals surface area contributed by atoms with Gasteiger partial charge < -0.3 is 15.2 Å². The molecule has 1 saturated carbocycles. The molecule has 1 atom stereocenters. The fraction of sp³-hybridized carbons (Fsp3) is 0.625. The van der Waals surface area contributed by atoms with E-state index >= 15 is 0 Å². The van der Waals surface area contributed by atoms with E-state index in [1.807, 2.05) is 0 Å².